The summed E-state index contributed by atoms with van der Waals surface area (Å²) in [6, 6.07) is 12.6. The minimum Gasteiger partial charge on any atom is -0.501 e. The van der Waals surface area contributed by atoms with Gasteiger partial charge in [0.05, 0.1) is 19.8 Å². The fraction of sp³-hybridized carbons (Fsp3) is 0.273. The van der Waals surface area contributed by atoms with Gasteiger partial charge < -0.3 is 9.47 Å². The highest BCUT2D eigenvalue weighted by atomic mass is 16.5. The van der Waals surface area contributed by atoms with Crippen LogP contribution in [0.1, 0.15) is 31.9 Å². The van der Waals surface area contributed by atoms with Crippen molar-refractivity contribution in [2.24, 2.45) is 0 Å². The Hall–Kier alpha value is -2.48. The SMILES string of the molecule is C=C/C=C(OC)\C(=C(/C)OC)c1cccc2c(C)cccc12.CC. The maximum Gasteiger partial charge on any atom is 0.130 e. The minimum atomic E-state index is 0.739. The molecule has 24 heavy (non-hydrogen) atoms. The third kappa shape index (κ3) is 4.08. The summed E-state index contributed by atoms with van der Waals surface area (Å²) in [6.07, 6.45) is 3.57. The Bertz CT molecular complexity index is 752. The second kappa shape index (κ2) is 9.61. The van der Waals surface area contributed by atoms with E-state index in [9.17, 15) is 0 Å². The lowest BCUT2D eigenvalue weighted by Crippen LogP contribution is -1.99. The summed E-state index contributed by atoms with van der Waals surface area (Å²) in [5.41, 5.74) is 3.29. The first-order valence-corrected chi connectivity index (χ1v) is 8.24. The van der Waals surface area contributed by atoms with Gasteiger partial charge in [0.1, 0.15) is 11.5 Å². The molecule has 0 aromatic heterocycles. The lowest BCUT2D eigenvalue weighted by Gasteiger charge is -2.17. The molecule has 0 bridgehead atoms. The van der Waals surface area contributed by atoms with Crippen molar-refractivity contribution >= 4 is 16.3 Å². The Kier molecular flexibility index (Phi) is 7.84. The minimum absolute atomic E-state index is 0.739. The van der Waals surface area contributed by atoms with Gasteiger partial charge in [-0.15, -0.1) is 0 Å². The Labute approximate surface area is 146 Å². The van der Waals surface area contributed by atoms with Crippen molar-refractivity contribution < 1.29 is 9.47 Å². The van der Waals surface area contributed by atoms with E-state index in [1.54, 1.807) is 20.3 Å². The topological polar surface area (TPSA) is 18.5 Å². The molecule has 0 N–H and O–H groups in total. The Morgan fingerprint density at radius 3 is 2.17 bits per heavy atom. The quantitative estimate of drug-likeness (QED) is 0.477. The van der Waals surface area contributed by atoms with E-state index in [1.165, 1.54) is 16.3 Å². The van der Waals surface area contributed by atoms with Gasteiger partial charge in [0.15, 0.2) is 0 Å². The molecule has 0 saturated carbocycles. The summed E-state index contributed by atoms with van der Waals surface area (Å²) in [4.78, 5) is 0. The molecular weight excluding hydrogens is 296 g/mol. The Morgan fingerprint density at radius 1 is 0.958 bits per heavy atom. The van der Waals surface area contributed by atoms with E-state index in [1.807, 2.05) is 26.8 Å². The molecule has 128 valence electrons. The average molecular weight is 324 g/mol. The number of aryl methyl sites for hydroxylation is 1. The molecule has 2 aromatic rings. The van der Waals surface area contributed by atoms with E-state index < -0.39 is 0 Å². The number of hydrogen-bond acceptors (Lipinski definition) is 2. The predicted molar refractivity (Wildman–Crippen MR) is 105 cm³/mol. The highest BCUT2D eigenvalue weighted by molar-refractivity contribution is 5.98. The van der Waals surface area contributed by atoms with Crippen LogP contribution in [-0.2, 0) is 9.47 Å². The van der Waals surface area contributed by atoms with E-state index >= 15 is 0 Å². The zero-order valence-electron chi connectivity index (χ0n) is 15.6. The first kappa shape index (κ1) is 19.6. The summed E-state index contributed by atoms with van der Waals surface area (Å²) in [5, 5.41) is 2.41. The van der Waals surface area contributed by atoms with Crippen molar-refractivity contribution in [1.29, 1.82) is 0 Å². The molecular formula is C22H28O2. The molecule has 2 aromatic carbocycles. The van der Waals surface area contributed by atoms with Crippen LogP contribution in [0, 0.1) is 6.92 Å². The van der Waals surface area contributed by atoms with Crippen LogP contribution in [-0.4, -0.2) is 14.2 Å². The highest BCUT2D eigenvalue weighted by Gasteiger charge is 2.16. The summed E-state index contributed by atoms with van der Waals surface area (Å²) in [5.74, 6) is 1.55. The maximum atomic E-state index is 5.56. The highest BCUT2D eigenvalue weighted by Crippen LogP contribution is 2.34. The van der Waals surface area contributed by atoms with E-state index in [4.69, 9.17) is 9.47 Å². The first-order valence-electron chi connectivity index (χ1n) is 8.24. The van der Waals surface area contributed by atoms with E-state index in [0.717, 1.165) is 22.7 Å². The molecule has 0 aliphatic rings. The molecule has 0 atom stereocenters. The van der Waals surface area contributed by atoms with Gasteiger partial charge in [-0.2, -0.15) is 0 Å². The summed E-state index contributed by atoms with van der Waals surface area (Å²) in [7, 11) is 3.33. The zero-order chi connectivity index (χ0) is 18.1. The number of rotatable bonds is 5. The molecule has 0 aliphatic carbocycles. The second-order valence-corrected chi connectivity index (χ2v) is 5.08. The van der Waals surface area contributed by atoms with Crippen molar-refractivity contribution in [2.45, 2.75) is 27.7 Å². The Balaban J connectivity index is 0.00000139. The average Bonchev–Trinajstić information content (AvgIpc) is 2.63. The second-order valence-electron chi connectivity index (χ2n) is 5.08. The van der Waals surface area contributed by atoms with Crippen LogP contribution in [0.15, 0.2) is 66.6 Å². The lowest BCUT2D eigenvalue weighted by atomic mass is 9.94. The standard InChI is InChI=1S/C20H22O2.C2H6/c1-6-9-19(22-5)20(15(3)21-4)18-13-8-11-16-14(2)10-7-12-17(16)18;1-2/h6-13H,1H2,2-5H3;1-2H3/b19-9+,20-15+;. The molecule has 0 radical (unpaired) electrons. The fourth-order valence-corrected chi connectivity index (χ4v) is 2.64. The summed E-state index contributed by atoms with van der Waals surface area (Å²) in [6.45, 7) is 11.8. The molecule has 0 spiro atoms. The number of methoxy groups -OCH3 is 2. The van der Waals surface area contributed by atoms with Gasteiger partial charge in [-0.1, -0.05) is 62.9 Å². The smallest absolute Gasteiger partial charge is 0.130 e. The van der Waals surface area contributed by atoms with Crippen LogP contribution >= 0.6 is 0 Å². The Morgan fingerprint density at radius 2 is 1.58 bits per heavy atom. The van der Waals surface area contributed by atoms with Gasteiger partial charge >= 0.3 is 0 Å². The third-order valence-corrected chi connectivity index (χ3v) is 3.80. The van der Waals surface area contributed by atoms with Gasteiger partial charge in [0, 0.05) is 0 Å². The van der Waals surface area contributed by atoms with Crippen LogP contribution in [0.5, 0.6) is 0 Å². The van der Waals surface area contributed by atoms with Crippen molar-refractivity contribution in [1.82, 2.24) is 0 Å². The molecule has 0 aliphatic heterocycles. The van der Waals surface area contributed by atoms with Gasteiger partial charge in [-0.3, -0.25) is 0 Å². The molecule has 2 heteroatoms. The van der Waals surface area contributed by atoms with Crippen LogP contribution in [0.3, 0.4) is 0 Å². The largest absolute Gasteiger partial charge is 0.501 e. The van der Waals surface area contributed by atoms with Crippen molar-refractivity contribution in [2.75, 3.05) is 14.2 Å². The van der Waals surface area contributed by atoms with Gasteiger partial charge in [0.25, 0.3) is 0 Å². The van der Waals surface area contributed by atoms with Gasteiger partial charge in [-0.05, 0) is 41.8 Å². The molecule has 0 saturated heterocycles. The third-order valence-electron chi connectivity index (χ3n) is 3.80. The number of allylic oxidation sites excluding steroid dienone is 4. The monoisotopic (exact) mass is 324 g/mol. The number of hydrogen-bond donors (Lipinski definition) is 0. The molecule has 2 nitrogen and oxygen atoms in total. The van der Waals surface area contributed by atoms with E-state index in [-0.39, 0.29) is 0 Å². The normalized spacial score (nSPS) is 12.0. The van der Waals surface area contributed by atoms with Crippen LogP contribution in [0.4, 0.5) is 0 Å². The molecule has 0 heterocycles. The molecule has 0 fully saturated rings. The maximum absolute atomic E-state index is 5.56. The molecule has 0 amide bonds. The van der Waals surface area contributed by atoms with Crippen LogP contribution in [0.25, 0.3) is 16.3 Å². The number of fused-ring (bicyclic) bond motifs is 1. The number of ether oxygens (including phenoxy) is 2. The molecule has 2 rings (SSSR count). The van der Waals surface area contributed by atoms with Crippen LogP contribution < -0.4 is 0 Å². The molecule has 0 unspecified atom stereocenters. The van der Waals surface area contributed by atoms with Gasteiger partial charge in [-0.25, -0.2) is 0 Å². The summed E-state index contributed by atoms with van der Waals surface area (Å²) >= 11 is 0. The van der Waals surface area contributed by atoms with Gasteiger partial charge in [0.2, 0.25) is 0 Å². The van der Waals surface area contributed by atoms with Crippen molar-refractivity contribution in [3.8, 4) is 0 Å². The zero-order valence-corrected chi connectivity index (χ0v) is 15.6. The van der Waals surface area contributed by atoms with E-state index in [2.05, 4.69) is 49.9 Å². The van der Waals surface area contributed by atoms with Crippen LogP contribution in [0.2, 0.25) is 0 Å². The fourth-order valence-electron chi connectivity index (χ4n) is 2.64. The van der Waals surface area contributed by atoms with Crippen molar-refractivity contribution in [3.05, 3.63) is 77.8 Å². The predicted octanol–water partition coefficient (Wildman–Crippen LogP) is 6.27. The first-order chi connectivity index (χ1) is 11.6. The summed E-state index contributed by atoms with van der Waals surface area (Å²) < 4.78 is 11.1. The lowest BCUT2D eigenvalue weighted by molar-refractivity contribution is 0.283. The van der Waals surface area contributed by atoms with E-state index in [0.29, 0.717) is 0 Å². The van der Waals surface area contributed by atoms with Crippen molar-refractivity contribution in [3.63, 3.8) is 0 Å². The number of benzene rings is 2.